The van der Waals surface area contributed by atoms with Gasteiger partial charge in [0.2, 0.25) is 0 Å². The Morgan fingerprint density at radius 1 is 1.67 bits per heavy atom. The number of rotatable bonds is 0. The Balaban J connectivity index is 3.17. The number of benzene rings is 1. The lowest BCUT2D eigenvalue weighted by atomic mass is 10.3. The molecule has 0 bridgehead atoms. The van der Waals surface area contributed by atoms with Gasteiger partial charge in [-0.05, 0) is 28.1 Å². The highest BCUT2D eigenvalue weighted by atomic mass is 79.9. The molecule has 0 aliphatic rings. The second kappa shape index (κ2) is 2.35. The summed E-state index contributed by atoms with van der Waals surface area (Å²) >= 11 is 2.94. The van der Waals surface area contributed by atoms with Crippen LogP contribution < -0.4 is 0 Å². The summed E-state index contributed by atoms with van der Waals surface area (Å²) in [6.07, 6.45) is 0. The Kier molecular flexibility index (Phi) is 1.71. The van der Waals surface area contributed by atoms with Crippen LogP contribution >= 0.6 is 15.9 Å². The van der Waals surface area contributed by atoms with Crippen LogP contribution in [0.2, 0.25) is 0 Å². The van der Waals surface area contributed by atoms with Crippen LogP contribution in [0.3, 0.4) is 0 Å². The molecule has 1 N–H and O–H groups in total. The first-order valence-electron chi connectivity index (χ1n) is 2.26. The SMILES string of the molecule is Oc1c[c]c(F)cc1Br. The highest BCUT2D eigenvalue weighted by molar-refractivity contribution is 9.10. The van der Waals surface area contributed by atoms with E-state index in [2.05, 4.69) is 22.0 Å². The smallest absolute Gasteiger partial charge is 0.132 e. The third-order valence-corrected chi connectivity index (χ3v) is 1.48. The molecule has 0 saturated heterocycles. The van der Waals surface area contributed by atoms with E-state index in [1.807, 2.05) is 0 Å². The normalized spacial score (nSPS) is 9.56. The van der Waals surface area contributed by atoms with Crippen LogP contribution in [-0.2, 0) is 0 Å². The van der Waals surface area contributed by atoms with Crippen molar-refractivity contribution in [2.24, 2.45) is 0 Å². The molecule has 1 aromatic rings. The number of phenolic OH excluding ortho intramolecular Hbond substituents is 1. The topological polar surface area (TPSA) is 20.2 Å². The molecule has 0 amide bonds. The molecule has 47 valence electrons. The van der Waals surface area contributed by atoms with Gasteiger partial charge in [0.05, 0.1) is 4.47 Å². The van der Waals surface area contributed by atoms with E-state index in [9.17, 15) is 4.39 Å². The molecule has 0 saturated carbocycles. The average Bonchev–Trinajstić information content (AvgIpc) is 1.80. The van der Waals surface area contributed by atoms with E-state index in [-0.39, 0.29) is 5.75 Å². The van der Waals surface area contributed by atoms with Crippen molar-refractivity contribution in [1.29, 1.82) is 0 Å². The van der Waals surface area contributed by atoms with Crippen molar-refractivity contribution in [1.82, 2.24) is 0 Å². The molecule has 0 spiro atoms. The summed E-state index contributed by atoms with van der Waals surface area (Å²) in [6, 6.07) is 4.51. The Morgan fingerprint density at radius 3 is 2.78 bits per heavy atom. The Labute approximate surface area is 60.3 Å². The first-order chi connectivity index (χ1) is 4.20. The fraction of sp³-hybridized carbons (Fsp3) is 0. The minimum absolute atomic E-state index is 0.00333. The summed E-state index contributed by atoms with van der Waals surface area (Å²) in [4.78, 5) is 0. The summed E-state index contributed by atoms with van der Waals surface area (Å²) in [5.74, 6) is -0.490. The maximum absolute atomic E-state index is 12.2. The molecule has 1 nitrogen and oxygen atoms in total. The summed E-state index contributed by atoms with van der Waals surface area (Å²) in [7, 11) is 0. The summed E-state index contributed by atoms with van der Waals surface area (Å²) in [6.45, 7) is 0. The fourth-order valence-electron chi connectivity index (χ4n) is 0.433. The number of hydrogen-bond donors (Lipinski definition) is 1. The molecule has 1 rings (SSSR count). The van der Waals surface area contributed by atoms with Crippen molar-refractivity contribution in [3.05, 3.63) is 28.5 Å². The van der Waals surface area contributed by atoms with Gasteiger partial charge in [0, 0.05) is 6.07 Å². The van der Waals surface area contributed by atoms with Gasteiger partial charge >= 0.3 is 0 Å². The van der Waals surface area contributed by atoms with E-state index >= 15 is 0 Å². The third kappa shape index (κ3) is 1.42. The second-order valence-electron chi connectivity index (χ2n) is 1.51. The maximum atomic E-state index is 12.2. The van der Waals surface area contributed by atoms with Gasteiger partial charge in [-0.2, -0.15) is 0 Å². The van der Waals surface area contributed by atoms with Crippen molar-refractivity contribution in [2.45, 2.75) is 0 Å². The lowest BCUT2D eigenvalue weighted by Gasteiger charge is -1.92. The molecule has 0 unspecified atom stereocenters. The van der Waals surface area contributed by atoms with Crippen LogP contribution in [0.1, 0.15) is 0 Å². The third-order valence-electron chi connectivity index (χ3n) is 0.845. The van der Waals surface area contributed by atoms with Gasteiger partial charge < -0.3 is 5.11 Å². The van der Waals surface area contributed by atoms with Crippen LogP contribution in [0.15, 0.2) is 16.6 Å². The van der Waals surface area contributed by atoms with E-state index in [0.29, 0.717) is 4.47 Å². The van der Waals surface area contributed by atoms with Crippen molar-refractivity contribution in [2.75, 3.05) is 0 Å². The van der Waals surface area contributed by atoms with Gasteiger partial charge in [0.1, 0.15) is 11.6 Å². The van der Waals surface area contributed by atoms with Gasteiger partial charge in [-0.25, -0.2) is 4.39 Å². The number of halogens is 2. The molecule has 0 atom stereocenters. The largest absolute Gasteiger partial charge is 0.507 e. The lowest BCUT2D eigenvalue weighted by Crippen LogP contribution is -1.73. The molecule has 0 aliphatic heterocycles. The Bertz CT molecular complexity index is 224. The second-order valence-corrected chi connectivity index (χ2v) is 2.37. The van der Waals surface area contributed by atoms with E-state index < -0.39 is 5.82 Å². The minimum Gasteiger partial charge on any atom is -0.507 e. The highest BCUT2D eigenvalue weighted by Crippen LogP contribution is 2.22. The van der Waals surface area contributed by atoms with E-state index in [0.717, 1.165) is 6.07 Å². The quantitative estimate of drug-likeness (QED) is 0.663. The number of phenols is 1. The molecule has 0 heterocycles. The van der Waals surface area contributed by atoms with E-state index in [4.69, 9.17) is 5.11 Å². The minimum atomic E-state index is -0.486. The van der Waals surface area contributed by atoms with Crippen molar-refractivity contribution in [3.8, 4) is 5.75 Å². The standard InChI is InChI=1S/C6H3BrFO/c7-5-3-4(8)1-2-6(5)9/h2-3,9H. The van der Waals surface area contributed by atoms with Crippen LogP contribution in [0.4, 0.5) is 4.39 Å². The molecule has 1 aromatic carbocycles. The lowest BCUT2D eigenvalue weighted by molar-refractivity contribution is 0.469. The van der Waals surface area contributed by atoms with Gasteiger partial charge in [-0.15, -0.1) is 0 Å². The number of aromatic hydroxyl groups is 1. The Hall–Kier alpha value is -0.570. The van der Waals surface area contributed by atoms with E-state index in [1.165, 1.54) is 6.07 Å². The van der Waals surface area contributed by atoms with Gasteiger partial charge in [0.25, 0.3) is 0 Å². The zero-order chi connectivity index (χ0) is 6.85. The maximum Gasteiger partial charge on any atom is 0.132 e. The van der Waals surface area contributed by atoms with Crippen molar-refractivity contribution >= 4 is 15.9 Å². The van der Waals surface area contributed by atoms with Crippen LogP contribution in [0.5, 0.6) is 5.75 Å². The van der Waals surface area contributed by atoms with Crippen LogP contribution in [-0.4, -0.2) is 5.11 Å². The van der Waals surface area contributed by atoms with E-state index in [1.54, 1.807) is 0 Å². The van der Waals surface area contributed by atoms with Gasteiger partial charge in [0.15, 0.2) is 0 Å². The van der Waals surface area contributed by atoms with Crippen LogP contribution in [0, 0.1) is 11.9 Å². The Morgan fingerprint density at radius 2 is 2.33 bits per heavy atom. The zero-order valence-electron chi connectivity index (χ0n) is 4.36. The molecule has 0 aromatic heterocycles. The summed E-state index contributed by atoms with van der Waals surface area (Å²) in [5, 5.41) is 8.80. The summed E-state index contributed by atoms with van der Waals surface area (Å²) < 4.78 is 12.5. The molecule has 3 heteroatoms. The first kappa shape index (κ1) is 6.55. The molecule has 9 heavy (non-hydrogen) atoms. The molecular formula is C6H3BrFO. The predicted octanol–water partition coefficient (Wildman–Crippen LogP) is 2.09. The predicted molar refractivity (Wildman–Crippen MR) is 34.6 cm³/mol. The number of hydrogen-bond acceptors (Lipinski definition) is 1. The summed E-state index contributed by atoms with van der Waals surface area (Å²) in [5.41, 5.74) is 0. The monoisotopic (exact) mass is 189 g/mol. The van der Waals surface area contributed by atoms with Crippen molar-refractivity contribution in [3.63, 3.8) is 0 Å². The van der Waals surface area contributed by atoms with Crippen LogP contribution in [0.25, 0.3) is 0 Å². The molecule has 0 aliphatic carbocycles. The van der Waals surface area contributed by atoms with Gasteiger partial charge in [-0.3, -0.25) is 0 Å². The molecule has 0 fully saturated rings. The van der Waals surface area contributed by atoms with Gasteiger partial charge in [-0.1, -0.05) is 0 Å². The fourth-order valence-corrected chi connectivity index (χ4v) is 0.749. The average molecular weight is 190 g/mol. The zero-order valence-corrected chi connectivity index (χ0v) is 5.94. The highest BCUT2D eigenvalue weighted by Gasteiger charge is 1.96. The first-order valence-corrected chi connectivity index (χ1v) is 3.05. The molecule has 1 radical (unpaired) electrons. The van der Waals surface area contributed by atoms with Crippen molar-refractivity contribution < 1.29 is 9.50 Å². The molecular weight excluding hydrogens is 187 g/mol.